The summed E-state index contributed by atoms with van der Waals surface area (Å²) < 4.78 is 16.1. The quantitative estimate of drug-likeness (QED) is 0.0417. The number of ether oxygens (including phenoxy) is 3. The Balaban J connectivity index is 0.000000357. The maximum Gasteiger partial charge on any atom is 0.293 e. The summed E-state index contributed by atoms with van der Waals surface area (Å²) in [6.07, 6.45) is 8.59. The molecule has 0 saturated heterocycles. The predicted octanol–water partition coefficient (Wildman–Crippen LogP) is 13.7. The van der Waals surface area contributed by atoms with Crippen LogP contribution in [0.1, 0.15) is 74.8 Å². The largest absolute Gasteiger partial charge is 0.493 e. The Kier molecular flexibility index (Phi) is 18.4. The second kappa shape index (κ2) is 23.8. The molecule has 0 aliphatic rings. The van der Waals surface area contributed by atoms with E-state index in [2.05, 4.69) is 119 Å². The van der Waals surface area contributed by atoms with Crippen LogP contribution in [-0.4, -0.2) is 38.7 Å². The first-order valence-electron chi connectivity index (χ1n) is 20.6. The van der Waals surface area contributed by atoms with Gasteiger partial charge >= 0.3 is 0 Å². The van der Waals surface area contributed by atoms with E-state index < -0.39 is 0 Å². The highest BCUT2D eigenvalue weighted by molar-refractivity contribution is 5.93. The summed E-state index contributed by atoms with van der Waals surface area (Å²) in [5.74, 6) is 2.31. The lowest BCUT2D eigenvalue weighted by molar-refractivity contribution is -0.128. The molecule has 0 heterocycles. The first kappa shape index (κ1) is 45.4. The molecule has 6 aromatic carbocycles. The fourth-order valence-electron chi connectivity index (χ4n) is 6.58. The summed E-state index contributed by atoms with van der Waals surface area (Å²) in [4.78, 5) is 10.2. The molecule has 0 fully saturated rings. The smallest absolute Gasteiger partial charge is 0.293 e. The van der Waals surface area contributed by atoms with Crippen molar-refractivity contribution in [1.82, 2.24) is 0 Å². The fourth-order valence-corrected chi connectivity index (χ4v) is 6.58. The van der Waals surface area contributed by atoms with Crippen LogP contribution in [0.25, 0.3) is 44.2 Å². The molecule has 1 unspecified atom stereocenters. The van der Waals surface area contributed by atoms with Crippen molar-refractivity contribution in [2.45, 2.75) is 67.2 Å². The summed E-state index contributed by atoms with van der Waals surface area (Å²) in [5.41, 5.74) is 12.1. The first-order chi connectivity index (χ1) is 28.7. The van der Waals surface area contributed by atoms with Crippen LogP contribution >= 0.6 is 0 Å². The van der Waals surface area contributed by atoms with Crippen molar-refractivity contribution < 1.29 is 19.0 Å². The third-order valence-corrected chi connectivity index (χ3v) is 10.0. The van der Waals surface area contributed by atoms with Gasteiger partial charge in [-0.15, -0.1) is 6.58 Å². The second-order valence-electron chi connectivity index (χ2n) is 14.7. The van der Waals surface area contributed by atoms with Crippen molar-refractivity contribution in [3.63, 3.8) is 0 Å². The standard InChI is InChI=1S/C37H35NO3.C13H19NO.C3H6/c1-3-5-27-6-7-30-22-31(9-8-29(30)21-27)32-12-17-37(34(23-32)24-38)33-13-16-36(26(2)20-33)28-10-14-35(15-11-28)41-19-4-18-40-25-39;1-4-10(2)9-15-13-6-5-12(8-14)7-11(13)3;1-3-2/h6-17,20-25,38H,3-5,18-19H2,1-2H3;5-8,10,14H,4,9H2,1-3H3;3H,1H2,2H3. The van der Waals surface area contributed by atoms with E-state index in [0.29, 0.717) is 32.0 Å². The van der Waals surface area contributed by atoms with Crippen LogP contribution in [0.15, 0.2) is 128 Å². The van der Waals surface area contributed by atoms with Crippen LogP contribution in [0.5, 0.6) is 11.5 Å². The Morgan fingerprint density at radius 3 is 2.00 bits per heavy atom. The maximum atomic E-state index is 10.2. The Hall–Kier alpha value is -6.27. The van der Waals surface area contributed by atoms with Crippen molar-refractivity contribution in [2.75, 3.05) is 19.8 Å². The molecule has 6 rings (SSSR count). The van der Waals surface area contributed by atoms with Crippen LogP contribution in [0, 0.1) is 30.6 Å². The number of carbonyl (C=O) groups is 1. The van der Waals surface area contributed by atoms with E-state index in [4.69, 9.17) is 25.0 Å². The lowest BCUT2D eigenvalue weighted by Crippen LogP contribution is -2.08. The van der Waals surface area contributed by atoms with Gasteiger partial charge in [0.05, 0.1) is 19.8 Å². The van der Waals surface area contributed by atoms with Crippen molar-refractivity contribution in [1.29, 1.82) is 10.8 Å². The Morgan fingerprint density at radius 2 is 1.34 bits per heavy atom. The molecule has 306 valence electrons. The van der Waals surface area contributed by atoms with Gasteiger partial charge in [-0.05, 0) is 142 Å². The molecule has 6 heteroatoms. The van der Waals surface area contributed by atoms with E-state index in [-0.39, 0.29) is 0 Å². The Labute approximate surface area is 351 Å². The Bertz CT molecular complexity index is 2290. The SMILES string of the molecule is C=CC.CCC(C)COc1ccc(C=N)cc1C.CCCc1ccc2cc(-c3ccc(-c4ccc(-c5ccc(OCCCOC=O)cc5)c(C)c4)c(C=N)c3)ccc2c1. The first-order valence-corrected chi connectivity index (χ1v) is 20.6. The number of allylic oxidation sites excluding steroid dienone is 1. The molecular weight excluding hydrogens is 729 g/mol. The average Bonchev–Trinajstić information content (AvgIpc) is 3.26. The summed E-state index contributed by atoms with van der Waals surface area (Å²) in [6, 6.07) is 40.1. The van der Waals surface area contributed by atoms with Crippen LogP contribution in [0.2, 0.25) is 0 Å². The number of rotatable bonds is 17. The molecule has 0 aliphatic heterocycles. The molecule has 6 aromatic rings. The second-order valence-corrected chi connectivity index (χ2v) is 14.7. The van der Waals surface area contributed by atoms with Gasteiger partial charge in [0.15, 0.2) is 0 Å². The third kappa shape index (κ3) is 13.4. The zero-order valence-electron chi connectivity index (χ0n) is 35.6. The van der Waals surface area contributed by atoms with Crippen LogP contribution in [0.3, 0.4) is 0 Å². The number of carbonyl (C=O) groups excluding carboxylic acids is 1. The Morgan fingerprint density at radius 1 is 0.678 bits per heavy atom. The summed E-state index contributed by atoms with van der Waals surface area (Å²) in [6.45, 7) is 18.0. The van der Waals surface area contributed by atoms with Crippen LogP contribution in [0.4, 0.5) is 0 Å². The third-order valence-electron chi connectivity index (χ3n) is 10.0. The molecule has 0 bridgehead atoms. The van der Waals surface area contributed by atoms with Gasteiger partial charge in [0.1, 0.15) is 11.5 Å². The molecule has 1 atom stereocenters. The summed E-state index contributed by atoms with van der Waals surface area (Å²) >= 11 is 0. The van der Waals surface area contributed by atoms with Gasteiger partial charge in [-0.1, -0.05) is 112 Å². The molecule has 0 radical (unpaired) electrons. The van der Waals surface area contributed by atoms with Gasteiger partial charge in [0.2, 0.25) is 0 Å². The van der Waals surface area contributed by atoms with E-state index >= 15 is 0 Å². The lowest BCUT2D eigenvalue weighted by Gasteiger charge is -2.13. The lowest BCUT2D eigenvalue weighted by atomic mass is 9.91. The van der Waals surface area contributed by atoms with Gasteiger partial charge in [-0.3, -0.25) is 4.79 Å². The molecule has 59 heavy (non-hydrogen) atoms. The highest BCUT2D eigenvalue weighted by atomic mass is 16.5. The molecule has 0 saturated carbocycles. The van der Waals surface area contributed by atoms with Crippen molar-refractivity contribution >= 4 is 29.7 Å². The zero-order valence-corrected chi connectivity index (χ0v) is 35.6. The highest BCUT2D eigenvalue weighted by Crippen LogP contribution is 2.34. The number of nitrogens with one attached hydrogen (secondary N) is 2. The van der Waals surface area contributed by atoms with E-state index in [9.17, 15) is 4.79 Å². The number of hydrogen-bond donors (Lipinski definition) is 2. The van der Waals surface area contributed by atoms with E-state index in [0.717, 1.165) is 87.4 Å². The van der Waals surface area contributed by atoms with E-state index in [1.54, 1.807) is 6.08 Å². The number of hydrogen-bond acceptors (Lipinski definition) is 6. The van der Waals surface area contributed by atoms with Crippen LogP contribution in [-0.2, 0) is 16.0 Å². The number of aryl methyl sites for hydroxylation is 3. The molecule has 0 aliphatic carbocycles. The zero-order chi connectivity index (χ0) is 42.6. The number of benzene rings is 6. The molecule has 0 aromatic heterocycles. The minimum Gasteiger partial charge on any atom is -0.493 e. The van der Waals surface area contributed by atoms with Gasteiger partial charge in [-0.25, -0.2) is 0 Å². The highest BCUT2D eigenvalue weighted by Gasteiger charge is 2.11. The summed E-state index contributed by atoms with van der Waals surface area (Å²) in [7, 11) is 0. The fraction of sp³-hybridized carbons (Fsp3) is 0.264. The monoisotopic (exact) mass is 788 g/mol. The minimum atomic E-state index is 0.360. The molecule has 6 nitrogen and oxygen atoms in total. The topological polar surface area (TPSA) is 92.5 Å². The van der Waals surface area contributed by atoms with Gasteiger partial charge < -0.3 is 25.0 Å². The molecule has 2 N–H and O–H groups in total. The average molecular weight is 789 g/mol. The van der Waals surface area contributed by atoms with E-state index in [1.807, 2.05) is 44.2 Å². The van der Waals surface area contributed by atoms with Crippen molar-refractivity contribution in [3.05, 3.63) is 156 Å². The van der Waals surface area contributed by atoms with Crippen LogP contribution < -0.4 is 9.47 Å². The molecule has 0 spiro atoms. The van der Waals surface area contributed by atoms with Gasteiger partial charge in [-0.2, -0.15) is 0 Å². The summed E-state index contributed by atoms with van der Waals surface area (Å²) in [5, 5.41) is 17.8. The predicted molar refractivity (Wildman–Crippen MR) is 249 cm³/mol. The van der Waals surface area contributed by atoms with E-state index in [1.165, 1.54) is 34.3 Å². The van der Waals surface area contributed by atoms with Gasteiger partial charge in [0.25, 0.3) is 6.47 Å². The number of fused-ring (bicyclic) bond motifs is 1. The molecule has 0 amide bonds. The van der Waals surface area contributed by atoms with Crippen molar-refractivity contribution in [2.24, 2.45) is 5.92 Å². The molecular formula is C53H60N2O4. The van der Waals surface area contributed by atoms with Gasteiger partial charge in [0, 0.05) is 24.4 Å². The normalized spacial score (nSPS) is 10.9. The minimum absolute atomic E-state index is 0.360. The maximum absolute atomic E-state index is 10.2. The van der Waals surface area contributed by atoms with Crippen molar-refractivity contribution in [3.8, 4) is 44.9 Å².